The molecule has 0 saturated carbocycles. The summed E-state index contributed by atoms with van der Waals surface area (Å²) in [6.07, 6.45) is 0.0332. The third-order valence-electron chi connectivity index (χ3n) is 5.25. The number of piperidine rings is 1. The highest BCUT2D eigenvalue weighted by Crippen LogP contribution is 2.29. The Morgan fingerprint density at radius 3 is 2.26 bits per heavy atom. The van der Waals surface area contributed by atoms with Crippen molar-refractivity contribution < 1.29 is 24.2 Å². The van der Waals surface area contributed by atoms with Crippen LogP contribution in [-0.2, 0) is 9.47 Å². The van der Waals surface area contributed by atoms with Crippen molar-refractivity contribution in [2.75, 3.05) is 6.54 Å². The van der Waals surface area contributed by atoms with Crippen LogP contribution < -0.4 is 0 Å². The molecule has 6 heteroatoms. The SMILES string of the molecule is CC(C)(C)OC(=O)N1CC(OC(=O)c2ccccc2)CCC1CC(O)c1ccccc1. The third kappa shape index (κ3) is 6.56. The Kier molecular flexibility index (Phi) is 7.33. The Hall–Kier alpha value is -2.86. The summed E-state index contributed by atoms with van der Waals surface area (Å²) in [5, 5.41) is 10.7. The molecule has 1 N–H and O–H groups in total. The van der Waals surface area contributed by atoms with Gasteiger partial charge in [0, 0.05) is 6.04 Å². The van der Waals surface area contributed by atoms with E-state index in [2.05, 4.69) is 0 Å². The molecule has 0 aliphatic carbocycles. The van der Waals surface area contributed by atoms with Crippen LogP contribution in [0.1, 0.15) is 62.1 Å². The standard InChI is InChI=1S/C25H31NO5/c1-25(2,3)31-24(29)26-17-21(30-23(28)19-12-8-5-9-13-19)15-14-20(26)16-22(27)18-10-6-4-7-11-18/h4-13,20-22,27H,14-17H2,1-3H3. The summed E-state index contributed by atoms with van der Waals surface area (Å²) < 4.78 is 11.3. The molecule has 1 aliphatic heterocycles. The summed E-state index contributed by atoms with van der Waals surface area (Å²) in [6, 6.07) is 18.0. The molecular formula is C25H31NO5. The minimum absolute atomic E-state index is 0.211. The van der Waals surface area contributed by atoms with E-state index < -0.39 is 29.9 Å². The van der Waals surface area contributed by atoms with Crippen LogP contribution in [0, 0.1) is 0 Å². The number of nitrogens with zero attached hydrogens (tertiary/aromatic N) is 1. The van der Waals surface area contributed by atoms with E-state index in [0.29, 0.717) is 24.8 Å². The fourth-order valence-corrected chi connectivity index (χ4v) is 3.74. The highest BCUT2D eigenvalue weighted by atomic mass is 16.6. The normalized spacial score (nSPS) is 20.1. The summed E-state index contributed by atoms with van der Waals surface area (Å²) in [5.41, 5.74) is 0.644. The van der Waals surface area contributed by atoms with Crippen LogP contribution in [0.5, 0.6) is 0 Å². The molecule has 0 radical (unpaired) electrons. The Morgan fingerprint density at radius 1 is 1.03 bits per heavy atom. The number of esters is 1. The topological polar surface area (TPSA) is 76.1 Å². The number of hydrogen-bond donors (Lipinski definition) is 1. The van der Waals surface area contributed by atoms with Gasteiger partial charge in [-0.2, -0.15) is 0 Å². The van der Waals surface area contributed by atoms with Gasteiger partial charge in [0.1, 0.15) is 11.7 Å². The zero-order valence-corrected chi connectivity index (χ0v) is 18.4. The van der Waals surface area contributed by atoms with Crippen LogP contribution in [0.15, 0.2) is 60.7 Å². The van der Waals surface area contributed by atoms with Gasteiger partial charge in [-0.25, -0.2) is 9.59 Å². The molecule has 3 unspecified atom stereocenters. The first kappa shape index (κ1) is 22.8. The van der Waals surface area contributed by atoms with Crippen molar-refractivity contribution in [1.29, 1.82) is 0 Å². The van der Waals surface area contributed by atoms with Crippen molar-refractivity contribution in [1.82, 2.24) is 4.90 Å². The van der Waals surface area contributed by atoms with E-state index in [1.165, 1.54) is 0 Å². The fraction of sp³-hybridized carbons (Fsp3) is 0.440. The van der Waals surface area contributed by atoms with Crippen LogP contribution in [0.25, 0.3) is 0 Å². The van der Waals surface area contributed by atoms with Crippen molar-refractivity contribution in [3.63, 3.8) is 0 Å². The van der Waals surface area contributed by atoms with Crippen LogP contribution in [0.3, 0.4) is 0 Å². The van der Waals surface area contributed by atoms with Crippen LogP contribution in [0.4, 0.5) is 4.79 Å². The van der Waals surface area contributed by atoms with Gasteiger partial charge in [0.05, 0.1) is 18.2 Å². The zero-order chi connectivity index (χ0) is 22.4. The summed E-state index contributed by atoms with van der Waals surface area (Å²) in [7, 11) is 0. The molecule has 0 aromatic heterocycles. The summed E-state index contributed by atoms with van der Waals surface area (Å²) in [5.74, 6) is -0.405. The van der Waals surface area contributed by atoms with Gasteiger partial charge in [-0.15, -0.1) is 0 Å². The second-order valence-corrected chi connectivity index (χ2v) is 8.92. The molecule has 1 saturated heterocycles. The maximum absolute atomic E-state index is 12.9. The van der Waals surface area contributed by atoms with Gasteiger partial charge in [-0.3, -0.25) is 0 Å². The number of aliphatic hydroxyl groups is 1. The quantitative estimate of drug-likeness (QED) is 0.701. The molecular weight excluding hydrogens is 394 g/mol. The predicted molar refractivity (Wildman–Crippen MR) is 118 cm³/mol. The molecule has 0 bridgehead atoms. The average Bonchev–Trinajstić information content (AvgIpc) is 2.74. The highest BCUT2D eigenvalue weighted by molar-refractivity contribution is 5.89. The van der Waals surface area contributed by atoms with Gasteiger partial charge >= 0.3 is 12.1 Å². The molecule has 0 spiro atoms. The van der Waals surface area contributed by atoms with Gasteiger partial charge in [-0.1, -0.05) is 48.5 Å². The zero-order valence-electron chi connectivity index (χ0n) is 18.4. The first-order valence-electron chi connectivity index (χ1n) is 10.7. The molecule has 6 nitrogen and oxygen atoms in total. The average molecular weight is 426 g/mol. The fourth-order valence-electron chi connectivity index (χ4n) is 3.74. The van der Waals surface area contributed by atoms with Gasteiger partial charge < -0.3 is 19.5 Å². The third-order valence-corrected chi connectivity index (χ3v) is 5.25. The molecule has 2 aromatic carbocycles. The lowest BCUT2D eigenvalue weighted by Crippen LogP contribution is -2.51. The highest BCUT2D eigenvalue weighted by Gasteiger charge is 2.37. The molecule has 1 fully saturated rings. The lowest BCUT2D eigenvalue weighted by Gasteiger charge is -2.40. The first-order valence-corrected chi connectivity index (χ1v) is 10.7. The van der Waals surface area contributed by atoms with Crippen molar-refractivity contribution in [2.24, 2.45) is 0 Å². The molecule has 1 amide bonds. The van der Waals surface area contributed by atoms with E-state index >= 15 is 0 Å². The smallest absolute Gasteiger partial charge is 0.410 e. The van der Waals surface area contributed by atoms with Crippen molar-refractivity contribution in [3.8, 4) is 0 Å². The Labute approximate surface area is 183 Å². The number of aliphatic hydroxyl groups excluding tert-OH is 1. The minimum Gasteiger partial charge on any atom is -0.457 e. The van der Waals surface area contributed by atoms with Gasteiger partial charge in [0.25, 0.3) is 0 Å². The van der Waals surface area contributed by atoms with Gasteiger partial charge in [0.15, 0.2) is 0 Å². The molecule has 2 aromatic rings. The molecule has 166 valence electrons. The monoisotopic (exact) mass is 425 g/mol. The van der Waals surface area contributed by atoms with E-state index in [0.717, 1.165) is 5.56 Å². The Balaban J connectivity index is 1.71. The molecule has 1 aliphatic rings. The lowest BCUT2D eigenvalue weighted by molar-refractivity contribution is -0.0326. The largest absolute Gasteiger partial charge is 0.457 e. The number of carbonyl (C=O) groups is 2. The summed E-state index contributed by atoms with van der Waals surface area (Å²) in [4.78, 5) is 27.0. The minimum atomic E-state index is -0.695. The van der Waals surface area contributed by atoms with E-state index in [9.17, 15) is 14.7 Å². The van der Waals surface area contributed by atoms with E-state index in [4.69, 9.17) is 9.47 Å². The van der Waals surface area contributed by atoms with E-state index in [-0.39, 0.29) is 12.6 Å². The number of likely N-dealkylation sites (tertiary alicyclic amines) is 1. The van der Waals surface area contributed by atoms with E-state index in [1.54, 1.807) is 29.2 Å². The molecule has 1 heterocycles. The van der Waals surface area contributed by atoms with Crippen LogP contribution in [0.2, 0.25) is 0 Å². The van der Waals surface area contributed by atoms with Crippen LogP contribution in [-0.4, -0.2) is 46.4 Å². The molecule has 3 rings (SSSR count). The molecule has 31 heavy (non-hydrogen) atoms. The van der Waals surface area contributed by atoms with Crippen LogP contribution >= 0.6 is 0 Å². The first-order chi connectivity index (χ1) is 14.7. The lowest BCUT2D eigenvalue weighted by atomic mass is 9.93. The van der Waals surface area contributed by atoms with Crippen molar-refractivity contribution in [2.45, 2.75) is 63.9 Å². The predicted octanol–water partition coefficient (Wildman–Crippen LogP) is 4.74. The second kappa shape index (κ2) is 9.96. The van der Waals surface area contributed by atoms with E-state index in [1.807, 2.05) is 57.2 Å². The summed E-state index contributed by atoms with van der Waals surface area (Å²) in [6.45, 7) is 5.68. The summed E-state index contributed by atoms with van der Waals surface area (Å²) >= 11 is 0. The maximum Gasteiger partial charge on any atom is 0.410 e. The number of rotatable bonds is 5. The number of carbonyl (C=O) groups excluding carboxylic acids is 2. The number of hydrogen-bond acceptors (Lipinski definition) is 5. The number of benzene rings is 2. The number of ether oxygens (including phenoxy) is 2. The maximum atomic E-state index is 12.9. The van der Waals surface area contributed by atoms with Crippen molar-refractivity contribution >= 4 is 12.1 Å². The number of amides is 1. The second-order valence-electron chi connectivity index (χ2n) is 8.92. The molecule has 3 atom stereocenters. The Morgan fingerprint density at radius 2 is 1.65 bits per heavy atom. The van der Waals surface area contributed by atoms with Gasteiger partial charge in [-0.05, 0) is 57.7 Å². The Bertz CT molecular complexity index is 862. The van der Waals surface area contributed by atoms with Crippen molar-refractivity contribution in [3.05, 3.63) is 71.8 Å². The van der Waals surface area contributed by atoms with Gasteiger partial charge in [0.2, 0.25) is 0 Å².